The third kappa shape index (κ3) is 6.81. The number of halogens is 1. The number of likely N-dealkylation sites (tertiary alicyclic amines) is 2. The van der Waals surface area contributed by atoms with Crippen molar-refractivity contribution < 1.29 is 24.2 Å². The summed E-state index contributed by atoms with van der Waals surface area (Å²) in [6.07, 6.45) is 1.30. The Labute approximate surface area is 232 Å². The largest absolute Gasteiger partial charge is 0.444 e. The van der Waals surface area contributed by atoms with E-state index in [2.05, 4.69) is 5.32 Å². The number of hydrogen-bond donors (Lipinski definition) is 2. The number of hydrogen-bond acceptors (Lipinski definition) is 5. The molecule has 3 atom stereocenters. The van der Waals surface area contributed by atoms with Gasteiger partial charge in [-0.25, -0.2) is 4.79 Å². The Balaban J connectivity index is 1.68. The molecule has 3 amide bonds. The van der Waals surface area contributed by atoms with Crippen molar-refractivity contribution in [3.8, 4) is 0 Å². The zero-order valence-electron chi connectivity index (χ0n) is 23.8. The van der Waals surface area contributed by atoms with Gasteiger partial charge in [0.25, 0.3) is 0 Å². The van der Waals surface area contributed by atoms with Crippen LogP contribution in [0.2, 0.25) is 5.02 Å². The summed E-state index contributed by atoms with van der Waals surface area (Å²) in [5.41, 5.74) is -1.57. The van der Waals surface area contributed by atoms with Crippen molar-refractivity contribution in [1.82, 2.24) is 15.1 Å². The van der Waals surface area contributed by atoms with Crippen LogP contribution < -0.4 is 5.32 Å². The molecule has 0 aromatic heterocycles. The van der Waals surface area contributed by atoms with Crippen molar-refractivity contribution in [3.05, 3.63) is 34.9 Å². The van der Waals surface area contributed by atoms with Gasteiger partial charge < -0.3 is 25.0 Å². The molecule has 0 radical (unpaired) electrons. The van der Waals surface area contributed by atoms with Crippen LogP contribution in [-0.4, -0.2) is 70.6 Å². The molecule has 0 bridgehead atoms. The van der Waals surface area contributed by atoms with Gasteiger partial charge in [0.05, 0.1) is 11.5 Å². The summed E-state index contributed by atoms with van der Waals surface area (Å²) in [5, 5.41) is 15.3. The quantitative estimate of drug-likeness (QED) is 0.560. The molecular formula is C29H44ClN3O5. The van der Waals surface area contributed by atoms with Crippen molar-refractivity contribution in [2.24, 2.45) is 17.3 Å². The van der Waals surface area contributed by atoms with Gasteiger partial charge in [0.15, 0.2) is 0 Å². The van der Waals surface area contributed by atoms with Crippen LogP contribution in [0.4, 0.5) is 4.79 Å². The number of benzene rings is 1. The Morgan fingerprint density at radius 3 is 2.29 bits per heavy atom. The van der Waals surface area contributed by atoms with E-state index in [9.17, 15) is 19.5 Å². The number of nitrogens with zero attached hydrogens (tertiary/aromatic N) is 2. The van der Waals surface area contributed by atoms with Crippen LogP contribution in [0.3, 0.4) is 0 Å². The van der Waals surface area contributed by atoms with Crippen LogP contribution in [0, 0.1) is 17.3 Å². The van der Waals surface area contributed by atoms with E-state index in [-0.39, 0.29) is 24.3 Å². The highest BCUT2D eigenvalue weighted by Crippen LogP contribution is 2.46. The average molecular weight is 550 g/mol. The third-order valence-electron chi connectivity index (χ3n) is 7.76. The number of carbonyl (C=O) groups is 3. The van der Waals surface area contributed by atoms with Crippen molar-refractivity contribution in [3.63, 3.8) is 0 Å². The summed E-state index contributed by atoms with van der Waals surface area (Å²) in [6.45, 7) is 14.7. The maximum Gasteiger partial charge on any atom is 0.410 e. The van der Waals surface area contributed by atoms with Gasteiger partial charge in [0, 0.05) is 36.6 Å². The minimum Gasteiger partial charge on any atom is -0.444 e. The molecule has 2 heterocycles. The van der Waals surface area contributed by atoms with Crippen LogP contribution >= 0.6 is 11.6 Å². The predicted octanol–water partition coefficient (Wildman–Crippen LogP) is 4.57. The van der Waals surface area contributed by atoms with Gasteiger partial charge in [-0.05, 0) is 63.6 Å². The number of amides is 3. The Hall–Kier alpha value is -2.32. The zero-order valence-corrected chi connectivity index (χ0v) is 24.6. The molecule has 3 rings (SSSR count). The zero-order chi connectivity index (χ0) is 28.5. The Kier molecular flexibility index (Phi) is 9.09. The smallest absolute Gasteiger partial charge is 0.410 e. The van der Waals surface area contributed by atoms with Crippen LogP contribution in [0.15, 0.2) is 24.3 Å². The molecule has 0 spiro atoms. The van der Waals surface area contributed by atoms with Gasteiger partial charge in [0.1, 0.15) is 11.6 Å². The van der Waals surface area contributed by atoms with E-state index >= 15 is 0 Å². The molecule has 1 aromatic rings. The summed E-state index contributed by atoms with van der Waals surface area (Å²) >= 11 is 6.05. The minimum atomic E-state index is -1.11. The number of carbonyl (C=O) groups excluding carboxylic acids is 3. The van der Waals surface area contributed by atoms with E-state index in [1.54, 1.807) is 21.9 Å². The Morgan fingerprint density at radius 2 is 1.74 bits per heavy atom. The monoisotopic (exact) mass is 549 g/mol. The molecule has 2 aliphatic rings. The molecule has 38 heavy (non-hydrogen) atoms. The van der Waals surface area contributed by atoms with E-state index in [0.717, 1.165) is 5.56 Å². The number of rotatable bonds is 5. The molecule has 8 nitrogen and oxygen atoms in total. The minimum absolute atomic E-state index is 0.128. The lowest BCUT2D eigenvalue weighted by Crippen LogP contribution is -2.61. The van der Waals surface area contributed by atoms with Gasteiger partial charge in [-0.15, -0.1) is 0 Å². The molecule has 2 saturated heterocycles. The standard InChI is InChI=1S/C29H44ClN3O5/c1-19(2)23(31-24(34)20-9-8-15-32(17-20)26(36)38-27(3,4)5)25(35)33-16-14-29(37,28(6,7)18-33)21-10-12-22(30)13-11-21/h10-13,19-20,23,37H,8-9,14-18H2,1-7H3,(H,31,34)/t20?,23-,29+/m1/s1. The molecule has 0 saturated carbocycles. The third-order valence-corrected chi connectivity index (χ3v) is 8.01. The first kappa shape index (κ1) is 30.2. The second-order valence-corrected chi connectivity index (χ2v) is 13.2. The van der Waals surface area contributed by atoms with Crippen molar-refractivity contribution in [1.29, 1.82) is 0 Å². The van der Waals surface area contributed by atoms with Crippen molar-refractivity contribution in [2.75, 3.05) is 26.2 Å². The van der Waals surface area contributed by atoms with Crippen LogP contribution in [0.1, 0.15) is 73.3 Å². The first-order chi connectivity index (χ1) is 17.5. The molecule has 2 N–H and O–H groups in total. The molecule has 2 fully saturated rings. The first-order valence-corrected chi connectivity index (χ1v) is 14.0. The summed E-state index contributed by atoms with van der Waals surface area (Å²) in [7, 11) is 0. The SMILES string of the molecule is CC(C)[C@@H](NC(=O)C1CCCN(C(=O)OC(C)(C)C)C1)C(=O)N1CC[C@](O)(c2ccc(Cl)cc2)C(C)(C)C1. The predicted molar refractivity (Wildman–Crippen MR) is 148 cm³/mol. The second-order valence-electron chi connectivity index (χ2n) is 12.8. The lowest BCUT2D eigenvalue weighted by atomic mass is 9.66. The summed E-state index contributed by atoms with van der Waals surface area (Å²) in [6, 6.07) is 6.51. The average Bonchev–Trinajstić information content (AvgIpc) is 2.82. The highest BCUT2D eigenvalue weighted by atomic mass is 35.5. The van der Waals surface area contributed by atoms with Crippen molar-refractivity contribution in [2.45, 2.75) is 85.0 Å². The molecular weight excluding hydrogens is 506 g/mol. The number of nitrogens with one attached hydrogen (secondary N) is 1. The lowest BCUT2D eigenvalue weighted by molar-refractivity contribution is -0.157. The molecule has 212 valence electrons. The van der Waals surface area contributed by atoms with Gasteiger partial charge >= 0.3 is 6.09 Å². The van der Waals surface area contributed by atoms with E-state index < -0.39 is 34.7 Å². The summed E-state index contributed by atoms with van der Waals surface area (Å²) in [5.74, 6) is -0.908. The van der Waals surface area contributed by atoms with Gasteiger partial charge in [-0.1, -0.05) is 51.4 Å². The molecule has 1 unspecified atom stereocenters. The van der Waals surface area contributed by atoms with E-state index in [0.29, 0.717) is 43.9 Å². The lowest BCUT2D eigenvalue weighted by Gasteiger charge is -2.51. The molecule has 9 heteroatoms. The van der Waals surface area contributed by atoms with Crippen LogP contribution in [-0.2, 0) is 19.9 Å². The summed E-state index contributed by atoms with van der Waals surface area (Å²) < 4.78 is 5.48. The molecule has 1 aromatic carbocycles. The first-order valence-electron chi connectivity index (χ1n) is 13.6. The second kappa shape index (κ2) is 11.4. The van der Waals surface area contributed by atoms with Gasteiger partial charge in [-0.3, -0.25) is 9.59 Å². The van der Waals surface area contributed by atoms with E-state index in [1.807, 2.05) is 60.6 Å². The normalized spacial score (nSPS) is 24.6. The maximum atomic E-state index is 13.7. The maximum absolute atomic E-state index is 13.7. The Bertz CT molecular complexity index is 1020. The fourth-order valence-electron chi connectivity index (χ4n) is 5.44. The number of aliphatic hydroxyl groups is 1. The van der Waals surface area contributed by atoms with Gasteiger partial charge in [-0.2, -0.15) is 0 Å². The number of piperidine rings is 2. The number of ether oxygens (including phenoxy) is 1. The highest BCUT2D eigenvalue weighted by molar-refractivity contribution is 6.30. The summed E-state index contributed by atoms with van der Waals surface area (Å²) in [4.78, 5) is 42.9. The van der Waals surface area contributed by atoms with Crippen LogP contribution in [0.25, 0.3) is 0 Å². The Morgan fingerprint density at radius 1 is 1.11 bits per heavy atom. The van der Waals surface area contributed by atoms with Crippen molar-refractivity contribution >= 4 is 29.5 Å². The molecule has 2 aliphatic heterocycles. The molecule has 0 aliphatic carbocycles. The van der Waals surface area contributed by atoms with E-state index in [4.69, 9.17) is 16.3 Å². The van der Waals surface area contributed by atoms with E-state index in [1.165, 1.54) is 0 Å². The van der Waals surface area contributed by atoms with Crippen LogP contribution in [0.5, 0.6) is 0 Å². The topological polar surface area (TPSA) is 99.2 Å². The fraction of sp³-hybridized carbons (Fsp3) is 0.690. The highest BCUT2D eigenvalue weighted by Gasteiger charge is 2.50. The fourth-order valence-corrected chi connectivity index (χ4v) is 5.56. The van der Waals surface area contributed by atoms with Gasteiger partial charge in [0.2, 0.25) is 11.8 Å².